The van der Waals surface area contributed by atoms with Crippen molar-refractivity contribution < 1.29 is 21.8 Å². The second-order valence-electron chi connectivity index (χ2n) is 6.21. The SMILES string of the molecule is O=[N+]([O-])c1cccc(S(=O)(=O)N2CCC(c3ccccc3)S(=O)(=O)CC2)c1. The third kappa shape index (κ3) is 4.02. The largest absolute Gasteiger partial charge is 0.270 e. The van der Waals surface area contributed by atoms with Gasteiger partial charge in [-0.25, -0.2) is 16.8 Å². The molecule has 0 aromatic heterocycles. The zero-order valence-corrected chi connectivity index (χ0v) is 15.9. The van der Waals surface area contributed by atoms with Crippen LogP contribution in [-0.2, 0) is 19.9 Å². The first-order valence-electron chi connectivity index (χ1n) is 8.23. The van der Waals surface area contributed by atoms with Crippen LogP contribution >= 0.6 is 0 Å². The van der Waals surface area contributed by atoms with E-state index in [0.717, 1.165) is 10.4 Å². The Balaban J connectivity index is 1.91. The maximum Gasteiger partial charge on any atom is 0.270 e. The summed E-state index contributed by atoms with van der Waals surface area (Å²) in [6.45, 7) is -0.166. The standard InChI is InChI=1S/C17H18N2O6S2/c20-19(21)15-7-4-8-16(13-15)27(24,25)18-10-9-17(26(22,23)12-11-18)14-5-2-1-3-6-14/h1-8,13,17H,9-12H2. The molecule has 1 aliphatic rings. The fraction of sp³-hybridized carbons (Fsp3) is 0.294. The quantitative estimate of drug-likeness (QED) is 0.563. The Hall–Kier alpha value is -2.30. The highest BCUT2D eigenvalue weighted by Crippen LogP contribution is 2.31. The third-order valence-electron chi connectivity index (χ3n) is 4.54. The van der Waals surface area contributed by atoms with Crippen LogP contribution in [0.1, 0.15) is 17.2 Å². The number of nitro groups is 1. The maximum absolute atomic E-state index is 12.9. The van der Waals surface area contributed by atoms with Gasteiger partial charge in [-0.1, -0.05) is 36.4 Å². The zero-order valence-electron chi connectivity index (χ0n) is 14.3. The number of sulfonamides is 1. The van der Waals surface area contributed by atoms with E-state index >= 15 is 0 Å². The van der Waals surface area contributed by atoms with Crippen LogP contribution in [0.25, 0.3) is 0 Å². The van der Waals surface area contributed by atoms with Gasteiger partial charge < -0.3 is 0 Å². The van der Waals surface area contributed by atoms with E-state index in [0.29, 0.717) is 5.56 Å². The number of rotatable bonds is 4. The molecule has 0 saturated carbocycles. The van der Waals surface area contributed by atoms with Crippen molar-refractivity contribution in [1.82, 2.24) is 4.31 Å². The van der Waals surface area contributed by atoms with E-state index in [2.05, 4.69) is 0 Å². The van der Waals surface area contributed by atoms with Gasteiger partial charge in [0.1, 0.15) is 0 Å². The van der Waals surface area contributed by atoms with Crippen molar-refractivity contribution in [3.05, 3.63) is 70.3 Å². The van der Waals surface area contributed by atoms with Gasteiger partial charge >= 0.3 is 0 Å². The highest BCUT2D eigenvalue weighted by atomic mass is 32.2. The lowest BCUT2D eigenvalue weighted by atomic mass is 10.1. The minimum Gasteiger partial charge on any atom is -0.258 e. The molecule has 0 amide bonds. The van der Waals surface area contributed by atoms with E-state index in [-0.39, 0.29) is 35.8 Å². The molecular formula is C17H18N2O6S2. The number of nitro benzene ring substituents is 1. The summed E-state index contributed by atoms with van der Waals surface area (Å²) in [5, 5.41) is 10.1. The molecule has 0 bridgehead atoms. The highest BCUT2D eigenvalue weighted by Gasteiger charge is 2.35. The van der Waals surface area contributed by atoms with Crippen LogP contribution in [0.15, 0.2) is 59.5 Å². The molecule has 0 N–H and O–H groups in total. The predicted molar refractivity (Wildman–Crippen MR) is 99.4 cm³/mol. The first-order chi connectivity index (χ1) is 12.7. The van der Waals surface area contributed by atoms with Gasteiger partial charge in [0.25, 0.3) is 5.69 Å². The van der Waals surface area contributed by atoms with Gasteiger partial charge in [0, 0.05) is 25.2 Å². The average Bonchev–Trinajstić information content (AvgIpc) is 2.81. The first kappa shape index (κ1) is 19.5. The fourth-order valence-corrected chi connectivity index (χ4v) is 6.52. The van der Waals surface area contributed by atoms with Crippen molar-refractivity contribution in [1.29, 1.82) is 0 Å². The molecule has 1 saturated heterocycles. The smallest absolute Gasteiger partial charge is 0.258 e. The van der Waals surface area contributed by atoms with Crippen LogP contribution in [0.4, 0.5) is 5.69 Å². The first-order valence-corrected chi connectivity index (χ1v) is 11.4. The fourth-order valence-electron chi connectivity index (χ4n) is 3.11. The monoisotopic (exact) mass is 410 g/mol. The molecule has 3 rings (SSSR count). The summed E-state index contributed by atoms with van der Waals surface area (Å²) in [5.41, 5.74) is 0.299. The minimum absolute atomic E-state index is 0.0177. The second-order valence-corrected chi connectivity index (χ2v) is 10.5. The van der Waals surface area contributed by atoms with Crippen LogP contribution in [-0.4, -0.2) is 44.9 Å². The molecule has 144 valence electrons. The van der Waals surface area contributed by atoms with Gasteiger partial charge in [-0.2, -0.15) is 4.31 Å². The van der Waals surface area contributed by atoms with Crippen molar-refractivity contribution in [2.75, 3.05) is 18.8 Å². The highest BCUT2D eigenvalue weighted by molar-refractivity contribution is 7.92. The predicted octanol–water partition coefficient (Wildman–Crippen LogP) is 2.15. The summed E-state index contributed by atoms with van der Waals surface area (Å²) in [7, 11) is -7.56. The second kappa shape index (κ2) is 7.37. The van der Waals surface area contributed by atoms with Crippen LogP contribution < -0.4 is 0 Å². The Morgan fingerprint density at radius 1 is 1.04 bits per heavy atom. The van der Waals surface area contributed by atoms with E-state index in [1.54, 1.807) is 30.3 Å². The Kier molecular flexibility index (Phi) is 5.31. The van der Waals surface area contributed by atoms with E-state index in [4.69, 9.17) is 0 Å². The molecule has 10 heteroatoms. The van der Waals surface area contributed by atoms with Crippen molar-refractivity contribution in [2.45, 2.75) is 16.6 Å². The van der Waals surface area contributed by atoms with E-state index < -0.39 is 30.0 Å². The van der Waals surface area contributed by atoms with Crippen LogP contribution in [0.2, 0.25) is 0 Å². The molecule has 0 spiro atoms. The molecule has 1 heterocycles. The van der Waals surface area contributed by atoms with Crippen molar-refractivity contribution in [2.24, 2.45) is 0 Å². The normalized spacial score (nSPS) is 20.7. The van der Waals surface area contributed by atoms with Crippen molar-refractivity contribution in [3.63, 3.8) is 0 Å². The van der Waals surface area contributed by atoms with Gasteiger partial charge in [0.15, 0.2) is 9.84 Å². The summed E-state index contributed by atoms with van der Waals surface area (Å²) >= 11 is 0. The van der Waals surface area contributed by atoms with Gasteiger partial charge in [-0.05, 0) is 18.1 Å². The minimum atomic E-state index is -4.03. The summed E-state index contributed by atoms with van der Waals surface area (Å²) in [4.78, 5) is 10.0. The number of nitrogens with zero attached hydrogens (tertiary/aromatic N) is 2. The average molecular weight is 410 g/mol. The lowest BCUT2D eigenvalue weighted by molar-refractivity contribution is -0.385. The molecule has 1 fully saturated rings. The van der Waals surface area contributed by atoms with Crippen molar-refractivity contribution in [3.8, 4) is 0 Å². The van der Waals surface area contributed by atoms with Crippen LogP contribution in [0.3, 0.4) is 0 Å². The molecule has 1 aliphatic heterocycles. The summed E-state index contributed by atoms with van der Waals surface area (Å²) in [6, 6.07) is 13.5. The summed E-state index contributed by atoms with van der Waals surface area (Å²) in [6.07, 6.45) is 0.125. The molecular weight excluding hydrogens is 392 g/mol. The van der Waals surface area contributed by atoms with Gasteiger partial charge in [-0.3, -0.25) is 10.1 Å². The van der Waals surface area contributed by atoms with Crippen molar-refractivity contribution >= 4 is 25.5 Å². The van der Waals surface area contributed by atoms with Gasteiger partial charge in [-0.15, -0.1) is 0 Å². The number of hydrogen-bond acceptors (Lipinski definition) is 6. The van der Waals surface area contributed by atoms with Crippen LogP contribution in [0.5, 0.6) is 0 Å². The number of sulfone groups is 1. The number of benzene rings is 2. The Labute approximate surface area is 157 Å². The molecule has 1 atom stereocenters. The van der Waals surface area contributed by atoms with E-state index in [9.17, 15) is 26.9 Å². The Morgan fingerprint density at radius 2 is 1.74 bits per heavy atom. The van der Waals surface area contributed by atoms with Gasteiger partial charge in [0.2, 0.25) is 10.0 Å². The lowest BCUT2D eigenvalue weighted by Gasteiger charge is -2.19. The van der Waals surface area contributed by atoms with Gasteiger partial charge in [0.05, 0.1) is 20.8 Å². The van der Waals surface area contributed by atoms with E-state index in [1.165, 1.54) is 18.2 Å². The lowest BCUT2D eigenvalue weighted by Crippen LogP contribution is -2.33. The molecule has 2 aromatic carbocycles. The number of hydrogen-bond donors (Lipinski definition) is 0. The molecule has 0 aliphatic carbocycles. The third-order valence-corrected chi connectivity index (χ3v) is 8.56. The maximum atomic E-state index is 12.9. The molecule has 1 unspecified atom stereocenters. The molecule has 8 nitrogen and oxygen atoms in total. The molecule has 27 heavy (non-hydrogen) atoms. The topological polar surface area (TPSA) is 115 Å². The van der Waals surface area contributed by atoms with E-state index in [1.807, 2.05) is 0 Å². The number of non-ortho nitro benzene ring substituents is 1. The Morgan fingerprint density at radius 3 is 2.41 bits per heavy atom. The summed E-state index contributed by atoms with van der Waals surface area (Å²) < 4.78 is 52.1. The molecule has 2 aromatic rings. The molecule has 0 radical (unpaired) electrons. The summed E-state index contributed by atoms with van der Waals surface area (Å²) in [5.74, 6) is -0.305. The van der Waals surface area contributed by atoms with Crippen LogP contribution in [0, 0.1) is 10.1 Å². The Bertz CT molecular complexity index is 1050. The zero-order chi connectivity index (χ0) is 19.7.